The maximum absolute atomic E-state index is 12.2. The highest BCUT2D eigenvalue weighted by Gasteiger charge is 2.09. The predicted octanol–water partition coefficient (Wildman–Crippen LogP) is 3.78. The Hall–Kier alpha value is -3.46. The number of ether oxygens (including phenoxy) is 1. The monoisotopic (exact) mass is 424 g/mol. The topological polar surface area (TPSA) is 113 Å². The van der Waals surface area contributed by atoms with Crippen LogP contribution in [0.2, 0.25) is 0 Å². The van der Waals surface area contributed by atoms with Crippen LogP contribution < -0.4 is 15.7 Å². The van der Waals surface area contributed by atoms with Crippen LogP contribution in [0.4, 0.5) is 5.69 Å². The Kier molecular flexibility index (Phi) is 5.89. The summed E-state index contributed by atoms with van der Waals surface area (Å²) in [5.41, 5.74) is 3.45. The van der Waals surface area contributed by atoms with Crippen molar-refractivity contribution in [1.29, 1.82) is 0 Å². The number of hydrogen-bond donors (Lipinski definition) is 3. The van der Waals surface area contributed by atoms with Gasteiger partial charge in [-0.3, -0.25) is 4.79 Å². The Bertz CT molecular complexity index is 1210. The summed E-state index contributed by atoms with van der Waals surface area (Å²) >= 11 is 1.61. The first-order chi connectivity index (χ1) is 14.6. The van der Waals surface area contributed by atoms with Crippen LogP contribution in [0.3, 0.4) is 0 Å². The first kappa shape index (κ1) is 19.8. The summed E-state index contributed by atoms with van der Waals surface area (Å²) in [5.74, 6) is 2.56. The highest BCUT2D eigenvalue weighted by atomic mass is 32.2. The lowest BCUT2D eigenvalue weighted by molar-refractivity contribution is -0.115. The van der Waals surface area contributed by atoms with Crippen LogP contribution in [0, 0.1) is 0 Å². The fraction of sp³-hybridized carbons (Fsp3) is 0.190. The van der Waals surface area contributed by atoms with E-state index in [1.807, 2.05) is 24.3 Å². The van der Waals surface area contributed by atoms with Crippen LogP contribution in [-0.2, 0) is 10.5 Å². The molecule has 2 heterocycles. The number of benzene rings is 2. The van der Waals surface area contributed by atoms with Gasteiger partial charge in [-0.05, 0) is 42.5 Å². The Morgan fingerprint density at radius 3 is 2.77 bits per heavy atom. The van der Waals surface area contributed by atoms with Crippen molar-refractivity contribution in [1.82, 2.24) is 15.0 Å². The van der Waals surface area contributed by atoms with E-state index in [2.05, 4.69) is 20.3 Å². The van der Waals surface area contributed by atoms with Crippen LogP contribution in [0.1, 0.15) is 12.1 Å². The predicted molar refractivity (Wildman–Crippen MR) is 117 cm³/mol. The SMILES string of the molecule is COc1ccc(-c2nc(CSCCC(=O)Nc3ccc4[nH]c(=O)[nH]c4c3)co2)cc1. The van der Waals surface area contributed by atoms with Crippen LogP contribution >= 0.6 is 11.8 Å². The van der Waals surface area contributed by atoms with Crippen LogP contribution in [0.5, 0.6) is 5.75 Å². The number of hydrogen-bond acceptors (Lipinski definition) is 6. The van der Waals surface area contributed by atoms with E-state index in [1.165, 1.54) is 0 Å². The molecule has 0 aliphatic carbocycles. The van der Waals surface area contributed by atoms with Crippen LogP contribution in [-0.4, -0.2) is 33.7 Å². The fourth-order valence-corrected chi connectivity index (χ4v) is 3.73. The molecule has 0 saturated heterocycles. The van der Waals surface area contributed by atoms with E-state index >= 15 is 0 Å². The second kappa shape index (κ2) is 8.91. The largest absolute Gasteiger partial charge is 0.497 e. The maximum atomic E-state index is 12.2. The van der Waals surface area contributed by atoms with Gasteiger partial charge in [0.05, 0.1) is 23.8 Å². The van der Waals surface area contributed by atoms with Gasteiger partial charge in [0.15, 0.2) is 0 Å². The molecule has 3 N–H and O–H groups in total. The normalized spacial score (nSPS) is 11.0. The first-order valence-corrected chi connectivity index (χ1v) is 10.4. The Morgan fingerprint density at radius 1 is 1.17 bits per heavy atom. The van der Waals surface area contributed by atoms with Crippen LogP contribution in [0.25, 0.3) is 22.5 Å². The zero-order valence-electron chi connectivity index (χ0n) is 16.2. The lowest BCUT2D eigenvalue weighted by Crippen LogP contribution is -2.12. The standard InChI is InChI=1S/C21H20N4O4S/c1-28-16-5-2-13(3-6-16)20-23-15(11-29-20)12-30-9-8-19(26)22-14-4-7-17-18(10-14)25-21(27)24-17/h2-7,10-11H,8-9,12H2,1H3,(H,22,26)(H2,24,25,27). The lowest BCUT2D eigenvalue weighted by atomic mass is 10.2. The molecule has 4 rings (SSSR count). The minimum Gasteiger partial charge on any atom is -0.497 e. The van der Waals surface area contributed by atoms with Gasteiger partial charge in [-0.15, -0.1) is 0 Å². The van der Waals surface area contributed by atoms with Crippen molar-refractivity contribution in [3.05, 3.63) is 64.9 Å². The van der Waals surface area contributed by atoms with E-state index in [9.17, 15) is 9.59 Å². The molecule has 30 heavy (non-hydrogen) atoms. The van der Waals surface area contributed by atoms with Crippen molar-refractivity contribution in [3.8, 4) is 17.2 Å². The zero-order chi connectivity index (χ0) is 20.9. The molecule has 0 fully saturated rings. The molecule has 0 bridgehead atoms. The molecule has 0 saturated carbocycles. The molecule has 9 heteroatoms. The number of anilines is 1. The number of nitrogens with one attached hydrogen (secondary N) is 3. The number of aromatic amines is 2. The summed E-state index contributed by atoms with van der Waals surface area (Å²) in [6.07, 6.45) is 2.01. The van der Waals surface area contributed by atoms with E-state index in [1.54, 1.807) is 43.3 Å². The number of nitrogens with zero attached hydrogens (tertiary/aromatic N) is 1. The third-order valence-corrected chi connectivity index (χ3v) is 5.40. The van der Waals surface area contributed by atoms with Gasteiger partial charge >= 0.3 is 5.69 Å². The summed E-state index contributed by atoms with van der Waals surface area (Å²) in [4.78, 5) is 33.3. The first-order valence-electron chi connectivity index (χ1n) is 9.29. The fourth-order valence-electron chi connectivity index (χ4n) is 2.91. The molecule has 2 aromatic carbocycles. The Labute approximate surface area is 176 Å². The third kappa shape index (κ3) is 4.74. The third-order valence-electron chi connectivity index (χ3n) is 4.41. The number of rotatable bonds is 8. The average Bonchev–Trinajstić information content (AvgIpc) is 3.36. The molecule has 0 aliphatic heterocycles. The minimum absolute atomic E-state index is 0.0844. The number of methoxy groups -OCH3 is 1. The lowest BCUT2D eigenvalue weighted by Gasteiger charge is -2.05. The molecule has 0 spiro atoms. The molecule has 1 amide bonds. The number of carbonyl (C=O) groups excluding carboxylic acids is 1. The molecular formula is C21H20N4O4S. The van der Waals surface area contributed by atoms with E-state index in [4.69, 9.17) is 9.15 Å². The van der Waals surface area contributed by atoms with Crippen molar-refractivity contribution < 1.29 is 13.9 Å². The quantitative estimate of drug-likeness (QED) is 0.371. The van der Waals surface area contributed by atoms with Gasteiger partial charge in [-0.1, -0.05) is 0 Å². The van der Waals surface area contributed by atoms with Crippen molar-refractivity contribution in [2.45, 2.75) is 12.2 Å². The number of thioether (sulfide) groups is 1. The highest BCUT2D eigenvalue weighted by Crippen LogP contribution is 2.23. The van der Waals surface area contributed by atoms with Gasteiger partial charge in [0, 0.05) is 29.2 Å². The smallest absolute Gasteiger partial charge is 0.323 e. The number of aromatic nitrogens is 3. The Morgan fingerprint density at radius 2 is 1.97 bits per heavy atom. The molecular weight excluding hydrogens is 404 g/mol. The maximum Gasteiger partial charge on any atom is 0.323 e. The van der Waals surface area contributed by atoms with Gasteiger partial charge in [-0.25, -0.2) is 9.78 Å². The van der Waals surface area contributed by atoms with E-state index in [0.29, 0.717) is 40.5 Å². The number of imidazole rings is 1. The summed E-state index contributed by atoms with van der Waals surface area (Å²) in [7, 11) is 1.62. The van der Waals surface area contributed by atoms with Crippen molar-refractivity contribution in [3.63, 3.8) is 0 Å². The van der Waals surface area contributed by atoms with Gasteiger partial charge < -0.3 is 24.4 Å². The second-order valence-corrected chi connectivity index (χ2v) is 7.67. The molecule has 8 nitrogen and oxygen atoms in total. The number of fused-ring (bicyclic) bond motifs is 1. The molecule has 154 valence electrons. The molecule has 0 aliphatic rings. The molecule has 4 aromatic rings. The average molecular weight is 424 g/mol. The van der Waals surface area contributed by atoms with E-state index < -0.39 is 0 Å². The molecule has 0 atom stereocenters. The zero-order valence-corrected chi connectivity index (χ0v) is 17.0. The van der Waals surface area contributed by atoms with E-state index in [-0.39, 0.29) is 11.6 Å². The minimum atomic E-state index is -0.270. The highest BCUT2D eigenvalue weighted by molar-refractivity contribution is 7.98. The Balaban J connectivity index is 1.23. The molecule has 0 unspecified atom stereocenters. The van der Waals surface area contributed by atoms with Gasteiger partial charge in [-0.2, -0.15) is 11.8 Å². The summed E-state index contributed by atoms with van der Waals surface area (Å²) < 4.78 is 10.7. The number of carbonyl (C=O) groups is 1. The van der Waals surface area contributed by atoms with Crippen LogP contribution in [0.15, 0.2) is 57.9 Å². The summed E-state index contributed by atoms with van der Waals surface area (Å²) in [5, 5.41) is 2.84. The van der Waals surface area contributed by atoms with Crippen molar-refractivity contribution in [2.24, 2.45) is 0 Å². The van der Waals surface area contributed by atoms with Gasteiger partial charge in [0.25, 0.3) is 0 Å². The van der Waals surface area contributed by atoms with E-state index in [0.717, 1.165) is 17.0 Å². The number of amides is 1. The molecule has 0 radical (unpaired) electrons. The number of oxazole rings is 1. The van der Waals surface area contributed by atoms with Crippen molar-refractivity contribution in [2.75, 3.05) is 18.2 Å². The molecule has 2 aromatic heterocycles. The van der Waals surface area contributed by atoms with Gasteiger partial charge in [0.1, 0.15) is 12.0 Å². The van der Waals surface area contributed by atoms with Crippen molar-refractivity contribution >= 4 is 34.4 Å². The summed E-state index contributed by atoms with van der Waals surface area (Å²) in [6, 6.07) is 12.7. The second-order valence-electron chi connectivity index (χ2n) is 6.56. The van der Waals surface area contributed by atoms with Gasteiger partial charge in [0.2, 0.25) is 11.8 Å². The summed E-state index contributed by atoms with van der Waals surface area (Å²) in [6.45, 7) is 0. The number of H-pyrrole nitrogens is 2.